The fraction of sp³-hybridized carbons (Fsp3) is 0.857. The number of nitrogens with one attached hydrogen (secondary N) is 2. The number of carboxylic acids is 1. The van der Waals surface area contributed by atoms with Gasteiger partial charge in [-0.15, -0.1) is 0 Å². The van der Waals surface area contributed by atoms with E-state index in [0.717, 1.165) is 0 Å². The molecule has 0 aromatic rings. The van der Waals surface area contributed by atoms with Crippen LogP contribution in [0.15, 0.2) is 0 Å². The molecule has 3 N–H and O–H groups in total. The van der Waals surface area contributed by atoms with Crippen LogP contribution in [0.25, 0.3) is 0 Å². The molecule has 0 aromatic carbocycles. The summed E-state index contributed by atoms with van der Waals surface area (Å²) in [6.07, 6.45) is -0.104. The Morgan fingerprint density at radius 2 is 1.75 bits per heavy atom. The van der Waals surface area contributed by atoms with Gasteiger partial charge in [-0.05, 0) is 11.3 Å². The lowest BCUT2D eigenvalue weighted by Gasteiger charge is -2.31. The number of methoxy groups -OCH3 is 1. The number of amides is 2. The maximum absolute atomic E-state index is 12.0. The summed E-state index contributed by atoms with van der Waals surface area (Å²) in [7, 11) is 1.58. The summed E-state index contributed by atoms with van der Waals surface area (Å²) in [6, 6.07) is -0.900. The van der Waals surface area contributed by atoms with Crippen molar-refractivity contribution in [2.75, 3.05) is 13.7 Å². The van der Waals surface area contributed by atoms with Crippen LogP contribution in [0.1, 0.15) is 41.0 Å². The molecule has 0 rings (SSSR count). The Balaban J connectivity index is 4.63. The second-order valence-electron chi connectivity index (χ2n) is 6.44. The number of urea groups is 1. The normalized spacial score (nSPS) is 14.8. The van der Waals surface area contributed by atoms with Gasteiger partial charge in [0.05, 0.1) is 19.1 Å². The molecule has 0 spiro atoms. The van der Waals surface area contributed by atoms with Gasteiger partial charge in [0.25, 0.3) is 0 Å². The Kier molecular flexibility index (Phi) is 7.57. The largest absolute Gasteiger partial charge is 0.481 e. The minimum atomic E-state index is -0.928. The Bertz CT molecular complexity index is 324. The predicted octanol–water partition coefficient (Wildman–Crippen LogP) is 1.85. The van der Waals surface area contributed by atoms with E-state index in [1.54, 1.807) is 7.11 Å². The molecular weight excluding hydrogens is 260 g/mol. The highest BCUT2D eigenvalue weighted by Crippen LogP contribution is 2.21. The summed E-state index contributed by atoms with van der Waals surface area (Å²) in [5.41, 5.74) is -0.329. The zero-order valence-electron chi connectivity index (χ0n) is 13.3. The molecule has 0 aliphatic heterocycles. The minimum absolute atomic E-state index is 0.104. The lowest BCUT2D eigenvalue weighted by molar-refractivity contribution is -0.138. The molecule has 0 aromatic heterocycles. The molecule has 0 fully saturated rings. The van der Waals surface area contributed by atoms with E-state index in [2.05, 4.69) is 10.6 Å². The molecule has 0 aliphatic rings. The van der Waals surface area contributed by atoms with Gasteiger partial charge in [-0.2, -0.15) is 0 Å². The molecule has 0 aliphatic carbocycles. The first kappa shape index (κ1) is 18.7. The first-order valence-corrected chi connectivity index (χ1v) is 6.85. The van der Waals surface area contributed by atoms with E-state index >= 15 is 0 Å². The van der Waals surface area contributed by atoms with Gasteiger partial charge in [0.15, 0.2) is 0 Å². The van der Waals surface area contributed by atoms with Gasteiger partial charge >= 0.3 is 12.0 Å². The molecule has 0 radical (unpaired) electrons. The van der Waals surface area contributed by atoms with Crippen LogP contribution < -0.4 is 10.6 Å². The molecule has 118 valence electrons. The summed E-state index contributed by atoms with van der Waals surface area (Å²) in [6.45, 7) is 10.1. The van der Waals surface area contributed by atoms with E-state index < -0.39 is 12.0 Å². The minimum Gasteiger partial charge on any atom is -0.481 e. The van der Waals surface area contributed by atoms with Crippen LogP contribution in [0, 0.1) is 11.3 Å². The average Bonchev–Trinajstić information content (AvgIpc) is 2.25. The van der Waals surface area contributed by atoms with Gasteiger partial charge in [-0.1, -0.05) is 34.6 Å². The Morgan fingerprint density at radius 1 is 1.20 bits per heavy atom. The van der Waals surface area contributed by atoms with E-state index in [1.807, 2.05) is 34.6 Å². The zero-order valence-corrected chi connectivity index (χ0v) is 13.3. The number of aliphatic carboxylic acids is 1. The van der Waals surface area contributed by atoms with Gasteiger partial charge in [0, 0.05) is 13.2 Å². The summed E-state index contributed by atoms with van der Waals surface area (Å²) in [5, 5.41) is 14.5. The third kappa shape index (κ3) is 7.33. The van der Waals surface area contributed by atoms with Gasteiger partial charge in [0.1, 0.15) is 0 Å². The fourth-order valence-corrected chi connectivity index (χ4v) is 1.70. The number of hydrogen-bond donors (Lipinski definition) is 3. The highest BCUT2D eigenvalue weighted by molar-refractivity contribution is 5.76. The number of rotatable bonds is 7. The van der Waals surface area contributed by atoms with Crippen molar-refractivity contribution in [1.29, 1.82) is 0 Å². The summed E-state index contributed by atoms with van der Waals surface area (Å²) < 4.78 is 5.07. The Morgan fingerprint density at radius 3 is 2.10 bits per heavy atom. The van der Waals surface area contributed by atoms with Crippen molar-refractivity contribution in [1.82, 2.24) is 10.6 Å². The SMILES string of the molecule is COCC(NC(=O)NC(CC(=O)O)C(C)(C)C)C(C)C. The fourth-order valence-electron chi connectivity index (χ4n) is 1.70. The van der Waals surface area contributed by atoms with Crippen molar-refractivity contribution in [3.63, 3.8) is 0 Å². The molecule has 20 heavy (non-hydrogen) atoms. The van der Waals surface area contributed by atoms with E-state index in [-0.39, 0.29) is 29.8 Å². The van der Waals surface area contributed by atoms with Crippen molar-refractivity contribution in [3.8, 4) is 0 Å². The zero-order chi connectivity index (χ0) is 15.9. The van der Waals surface area contributed by atoms with E-state index in [4.69, 9.17) is 9.84 Å². The first-order chi connectivity index (χ1) is 9.07. The number of carbonyl (C=O) groups is 2. The summed E-state index contributed by atoms with van der Waals surface area (Å²) in [4.78, 5) is 22.9. The lowest BCUT2D eigenvalue weighted by atomic mass is 9.85. The molecule has 0 saturated carbocycles. The number of hydrogen-bond acceptors (Lipinski definition) is 3. The van der Waals surface area contributed by atoms with Gasteiger partial charge in [-0.3, -0.25) is 4.79 Å². The molecule has 6 heteroatoms. The second kappa shape index (κ2) is 8.09. The van der Waals surface area contributed by atoms with Crippen LogP contribution >= 0.6 is 0 Å². The molecule has 2 amide bonds. The summed E-state index contributed by atoms with van der Waals surface area (Å²) in [5.74, 6) is -0.698. The monoisotopic (exact) mass is 288 g/mol. The van der Waals surface area contributed by atoms with Crippen molar-refractivity contribution >= 4 is 12.0 Å². The maximum atomic E-state index is 12.0. The lowest BCUT2D eigenvalue weighted by Crippen LogP contribution is -2.53. The molecule has 0 saturated heterocycles. The number of carbonyl (C=O) groups excluding carboxylic acids is 1. The third-order valence-electron chi connectivity index (χ3n) is 3.20. The topological polar surface area (TPSA) is 87.7 Å². The van der Waals surface area contributed by atoms with Crippen molar-refractivity contribution in [2.45, 2.75) is 53.1 Å². The average molecular weight is 288 g/mol. The Labute approximate surface area is 121 Å². The first-order valence-electron chi connectivity index (χ1n) is 6.85. The van der Waals surface area contributed by atoms with Crippen LogP contribution in [0.3, 0.4) is 0 Å². The van der Waals surface area contributed by atoms with Crippen LogP contribution in [-0.4, -0.2) is 42.9 Å². The Hall–Kier alpha value is -1.30. The number of carboxylic acid groups (broad SMARTS) is 1. The van der Waals surface area contributed by atoms with E-state index in [0.29, 0.717) is 6.61 Å². The third-order valence-corrected chi connectivity index (χ3v) is 3.20. The second-order valence-corrected chi connectivity index (χ2v) is 6.44. The van der Waals surface area contributed by atoms with Crippen LogP contribution in [0.4, 0.5) is 4.79 Å². The van der Waals surface area contributed by atoms with Gasteiger partial charge in [-0.25, -0.2) is 4.79 Å². The van der Waals surface area contributed by atoms with Crippen LogP contribution in [-0.2, 0) is 9.53 Å². The summed E-state index contributed by atoms with van der Waals surface area (Å²) >= 11 is 0. The quantitative estimate of drug-likeness (QED) is 0.667. The maximum Gasteiger partial charge on any atom is 0.315 e. The van der Waals surface area contributed by atoms with Crippen molar-refractivity contribution in [3.05, 3.63) is 0 Å². The number of ether oxygens (including phenoxy) is 1. The molecular formula is C14H28N2O4. The van der Waals surface area contributed by atoms with Gasteiger partial charge < -0.3 is 20.5 Å². The highest BCUT2D eigenvalue weighted by Gasteiger charge is 2.29. The highest BCUT2D eigenvalue weighted by atomic mass is 16.5. The van der Waals surface area contributed by atoms with Crippen LogP contribution in [0.2, 0.25) is 0 Å². The van der Waals surface area contributed by atoms with E-state index in [1.165, 1.54) is 0 Å². The van der Waals surface area contributed by atoms with Crippen molar-refractivity contribution < 1.29 is 19.4 Å². The van der Waals surface area contributed by atoms with Crippen molar-refractivity contribution in [2.24, 2.45) is 11.3 Å². The van der Waals surface area contributed by atoms with Crippen LogP contribution in [0.5, 0.6) is 0 Å². The smallest absolute Gasteiger partial charge is 0.315 e. The molecule has 2 atom stereocenters. The molecule has 6 nitrogen and oxygen atoms in total. The van der Waals surface area contributed by atoms with E-state index in [9.17, 15) is 9.59 Å². The molecule has 2 unspecified atom stereocenters. The molecule has 0 bridgehead atoms. The van der Waals surface area contributed by atoms with Gasteiger partial charge in [0.2, 0.25) is 0 Å². The molecule has 0 heterocycles. The predicted molar refractivity (Wildman–Crippen MR) is 77.7 cm³/mol. The standard InChI is InChI=1S/C14H28N2O4/c1-9(2)10(8-20-6)15-13(19)16-11(7-12(17)18)14(3,4)5/h9-11H,7-8H2,1-6H3,(H,17,18)(H2,15,16,19).